The highest BCUT2D eigenvalue weighted by Crippen LogP contribution is 2.20. The Morgan fingerprint density at radius 2 is 1.74 bits per heavy atom. The second kappa shape index (κ2) is 7.85. The van der Waals surface area contributed by atoms with Crippen molar-refractivity contribution < 1.29 is 9.90 Å². The second-order valence-electron chi connectivity index (χ2n) is 6.13. The lowest BCUT2D eigenvalue weighted by Gasteiger charge is -2.37. The van der Waals surface area contributed by atoms with Gasteiger partial charge < -0.3 is 10.0 Å². The third-order valence-electron chi connectivity index (χ3n) is 4.00. The maximum Gasteiger partial charge on any atom is 0.323 e. The van der Waals surface area contributed by atoms with Crippen molar-refractivity contribution in [3.05, 3.63) is 0 Å². The quantitative estimate of drug-likeness (QED) is 0.677. The molecule has 0 aliphatic rings. The summed E-state index contributed by atoms with van der Waals surface area (Å²) < 4.78 is 0. The summed E-state index contributed by atoms with van der Waals surface area (Å²) in [5.41, 5.74) is -0.867. The molecule has 4 nitrogen and oxygen atoms in total. The minimum Gasteiger partial charge on any atom is -0.480 e. The van der Waals surface area contributed by atoms with Gasteiger partial charge in [-0.25, -0.2) is 0 Å². The number of hydrogen-bond donors (Lipinski definition) is 2. The van der Waals surface area contributed by atoms with E-state index in [-0.39, 0.29) is 12.1 Å². The lowest BCUT2D eigenvalue weighted by molar-refractivity contribution is -0.145. The van der Waals surface area contributed by atoms with Crippen LogP contribution in [0.3, 0.4) is 0 Å². The molecule has 0 saturated heterocycles. The van der Waals surface area contributed by atoms with Gasteiger partial charge in [0.05, 0.1) is 0 Å². The SMILES string of the molecule is CCC(CC)N(C)C(C)CC(C)(NC(C)C)C(=O)O. The van der Waals surface area contributed by atoms with Gasteiger partial charge in [-0.05, 0) is 54.0 Å². The standard InChI is InChI=1S/C15H32N2O2/c1-8-13(9-2)17(7)12(5)10-15(6,14(18)19)16-11(3)4/h11-13,16H,8-10H2,1-7H3,(H,18,19). The fraction of sp³-hybridized carbons (Fsp3) is 0.933. The number of nitrogens with one attached hydrogen (secondary N) is 1. The van der Waals surface area contributed by atoms with Crippen molar-refractivity contribution in [2.75, 3.05) is 7.05 Å². The third kappa shape index (κ3) is 5.49. The zero-order valence-corrected chi connectivity index (χ0v) is 13.7. The van der Waals surface area contributed by atoms with Crippen LogP contribution in [0.4, 0.5) is 0 Å². The first kappa shape index (κ1) is 18.4. The Labute approximate surface area is 118 Å². The molecule has 19 heavy (non-hydrogen) atoms. The van der Waals surface area contributed by atoms with Crippen LogP contribution in [0.1, 0.15) is 60.8 Å². The summed E-state index contributed by atoms with van der Waals surface area (Å²) in [5, 5.41) is 12.7. The highest BCUT2D eigenvalue weighted by atomic mass is 16.4. The van der Waals surface area contributed by atoms with E-state index in [1.807, 2.05) is 13.8 Å². The molecule has 0 aromatic rings. The van der Waals surface area contributed by atoms with Crippen LogP contribution in [0.25, 0.3) is 0 Å². The molecular formula is C15H32N2O2. The average Bonchev–Trinajstić information content (AvgIpc) is 2.28. The van der Waals surface area contributed by atoms with Crippen LogP contribution in [0.5, 0.6) is 0 Å². The number of carboxylic acid groups (broad SMARTS) is 1. The number of carbonyl (C=O) groups is 1. The van der Waals surface area contributed by atoms with Gasteiger partial charge in [-0.2, -0.15) is 0 Å². The van der Waals surface area contributed by atoms with Gasteiger partial charge in [0.15, 0.2) is 0 Å². The summed E-state index contributed by atoms with van der Waals surface area (Å²) in [4.78, 5) is 13.9. The Hall–Kier alpha value is -0.610. The van der Waals surface area contributed by atoms with E-state index in [0.717, 1.165) is 12.8 Å². The summed E-state index contributed by atoms with van der Waals surface area (Å²) in [6, 6.07) is 0.913. The molecule has 0 spiro atoms. The van der Waals surface area contributed by atoms with Crippen LogP contribution in [-0.4, -0.2) is 46.7 Å². The Kier molecular flexibility index (Phi) is 7.60. The summed E-state index contributed by atoms with van der Waals surface area (Å²) in [6.07, 6.45) is 2.80. The molecule has 2 atom stereocenters. The van der Waals surface area contributed by atoms with Gasteiger partial charge >= 0.3 is 5.97 Å². The second-order valence-corrected chi connectivity index (χ2v) is 6.13. The third-order valence-corrected chi connectivity index (χ3v) is 4.00. The maximum atomic E-state index is 11.5. The van der Waals surface area contributed by atoms with E-state index in [1.165, 1.54) is 0 Å². The van der Waals surface area contributed by atoms with Crippen molar-refractivity contribution >= 4 is 5.97 Å². The van der Waals surface area contributed by atoms with E-state index in [2.05, 4.69) is 38.0 Å². The van der Waals surface area contributed by atoms with Crippen molar-refractivity contribution in [3.63, 3.8) is 0 Å². The molecule has 0 aromatic carbocycles. The fourth-order valence-corrected chi connectivity index (χ4v) is 2.80. The molecule has 0 amide bonds. The maximum absolute atomic E-state index is 11.5. The molecule has 0 aliphatic heterocycles. The number of carboxylic acids is 1. The molecule has 0 aliphatic carbocycles. The largest absolute Gasteiger partial charge is 0.480 e. The van der Waals surface area contributed by atoms with Gasteiger partial charge in [-0.3, -0.25) is 10.1 Å². The smallest absolute Gasteiger partial charge is 0.323 e. The molecule has 0 bridgehead atoms. The lowest BCUT2D eigenvalue weighted by atomic mass is 9.91. The Balaban J connectivity index is 4.80. The van der Waals surface area contributed by atoms with Crippen molar-refractivity contribution in [1.82, 2.24) is 10.2 Å². The van der Waals surface area contributed by atoms with Crippen molar-refractivity contribution in [2.45, 2.75) is 84.5 Å². The van der Waals surface area contributed by atoms with Gasteiger partial charge in [0, 0.05) is 18.1 Å². The number of nitrogens with zero attached hydrogens (tertiary/aromatic N) is 1. The van der Waals surface area contributed by atoms with Crippen LogP contribution in [0.2, 0.25) is 0 Å². The van der Waals surface area contributed by atoms with E-state index >= 15 is 0 Å². The lowest BCUT2D eigenvalue weighted by Crippen LogP contribution is -2.56. The van der Waals surface area contributed by atoms with Gasteiger partial charge in [0.2, 0.25) is 0 Å². The summed E-state index contributed by atoms with van der Waals surface area (Å²) in [5.74, 6) is -0.772. The molecule has 4 heteroatoms. The Morgan fingerprint density at radius 1 is 1.26 bits per heavy atom. The normalized spacial score (nSPS) is 16.9. The molecule has 2 unspecified atom stereocenters. The van der Waals surface area contributed by atoms with E-state index in [4.69, 9.17) is 0 Å². The highest BCUT2D eigenvalue weighted by Gasteiger charge is 2.36. The van der Waals surface area contributed by atoms with E-state index < -0.39 is 11.5 Å². The first-order chi connectivity index (χ1) is 8.67. The van der Waals surface area contributed by atoms with Gasteiger partial charge in [-0.15, -0.1) is 0 Å². The molecule has 0 heterocycles. The number of aliphatic carboxylic acids is 1. The molecular weight excluding hydrogens is 240 g/mol. The highest BCUT2D eigenvalue weighted by molar-refractivity contribution is 5.78. The monoisotopic (exact) mass is 272 g/mol. The van der Waals surface area contributed by atoms with E-state index in [0.29, 0.717) is 12.5 Å². The fourth-order valence-electron chi connectivity index (χ4n) is 2.80. The van der Waals surface area contributed by atoms with Crippen molar-refractivity contribution in [1.29, 1.82) is 0 Å². The first-order valence-electron chi connectivity index (χ1n) is 7.40. The Bertz CT molecular complexity index is 277. The molecule has 0 saturated carbocycles. The predicted octanol–water partition coefficient (Wildman–Crippen LogP) is 2.73. The van der Waals surface area contributed by atoms with Gasteiger partial charge in [0.1, 0.15) is 5.54 Å². The minimum atomic E-state index is -0.867. The van der Waals surface area contributed by atoms with Gasteiger partial charge in [0.25, 0.3) is 0 Å². The van der Waals surface area contributed by atoms with Crippen LogP contribution in [-0.2, 0) is 4.79 Å². The summed E-state index contributed by atoms with van der Waals surface area (Å²) in [6.45, 7) is 12.2. The summed E-state index contributed by atoms with van der Waals surface area (Å²) >= 11 is 0. The molecule has 0 rings (SSSR count). The molecule has 0 aromatic heterocycles. The van der Waals surface area contributed by atoms with E-state index in [1.54, 1.807) is 6.92 Å². The molecule has 0 radical (unpaired) electrons. The minimum absolute atomic E-state index is 0.159. The van der Waals surface area contributed by atoms with Gasteiger partial charge in [-0.1, -0.05) is 13.8 Å². The summed E-state index contributed by atoms with van der Waals surface area (Å²) in [7, 11) is 2.10. The van der Waals surface area contributed by atoms with Crippen molar-refractivity contribution in [2.24, 2.45) is 0 Å². The molecule has 0 fully saturated rings. The molecule has 2 N–H and O–H groups in total. The van der Waals surface area contributed by atoms with E-state index in [9.17, 15) is 9.90 Å². The van der Waals surface area contributed by atoms with Crippen LogP contribution in [0, 0.1) is 0 Å². The zero-order valence-electron chi connectivity index (χ0n) is 13.7. The average molecular weight is 272 g/mol. The number of rotatable bonds is 9. The Morgan fingerprint density at radius 3 is 2.05 bits per heavy atom. The topological polar surface area (TPSA) is 52.6 Å². The number of hydrogen-bond acceptors (Lipinski definition) is 3. The van der Waals surface area contributed by atoms with Crippen LogP contribution < -0.4 is 5.32 Å². The first-order valence-corrected chi connectivity index (χ1v) is 7.40. The van der Waals surface area contributed by atoms with Crippen LogP contribution >= 0.6 is 0 Å². The predicted molar refractivity (Wildman–Crippen MR) is 80.5 cm³/mol. The van der Waals surface area contributed by atoms with Crippen LogP contribution in [0.15, 0.2) is 0 Å². The zero-order chi connectivity index (χ0) is 15.2. The van der Waals surface area contributed by atoms with Crippen molar-refractivity contribution in [3.8, 4) is 0 Å². The molecule has 114 valence electrons.